The zero-order chi connectivity index (χ0) is 14.3. The molecule has 0 aromatic heterocycles. The number of benzene rings is 1. The molecule has 1 aromatic carbocycles. The van der Waals surface area contributed by atoms with Crippen LogP contribution in [0.15, 0.2) is 18.2 Å². The highest BCUT2D eigenvalue weighted by Crippen LogP contribution is 2.32. The summed E-state index contributed by atoms with van der Waals surface area (Å²) in [6.45, 7) is 2.99. The lowest BCUT2D eigenvalue weighted by Gasteiger charge is -2.24. The fourth-order valence-electron chi connectivity index (χ4n) is 2.30. The lowest BCUT2D eigenvalue weighted by Crippen LogP contribution is -2.24. The van der Waals surface area contributed by atoms with Crippen LogP contribution in [0.25, 0.3) is 0 Å². The molecule has 0 aliphatic carbocycles. The molecule has 0 spiro atoms. The number of hydrogen-bond donors (Lipinski definition) is 1. The second-order valence-electron chi connectivity index (χ2n) is 4.64. The second kappa shape index (κ2) is 8.02. The van der Waals surface area contributed by atoms with Crippen LogP contribution in [0.2, 0.25) is 0 Å². The van der Waals surface area contributed by atoms with Crippen LogP contribution in [-0.2, 0) is 4.74 Å². The summed E-state index contributed by atoms with van der Waals surface area (Å²) >= 11 is 0. The first kappa shape index (κ1) is 15.8. The summed E-state index contributed by atoms with van der Waals surface area (Å²) in [4.78, 5) is 0. The molecule has 2 atom stereocenters. The molecule has 0 fully saturated rings. The third-order valence-corrected chi connectivity index (χ3v) is 3.42. The van der Waals surface area contributed by atoms with Crippen molar-refractivity contribution in [3.05, 3.63) is 23.8 Å². The lowest BCUT2D eigenvalue weighted by molar-refractivity contribution is 0.171. The molecule has 0 aliphatic heterocycles. The Bertz CT molecular complexity index is 382. The maximum Gasteiger partial charge on any atom is 0.161 e. The number of rotatable bonds is 8. The molecule has 4 heteroatoms. The van der Waals surface area contributed by atoms with E-state index in [0.29, 0.717) is 5.92 Å². The minimum atomic E-state index is 0.273. The highest BCUT2D eigenvalue weighted by atomic mass is 16.5. The molecular weight excluding hydrogens is 242 g/mol. The quantitative estimate of drug-likeness (QED) is 0.786. The Morgan fingerprint density at radius 1 is 1.11 bits per heavy atom. The Morgan fingerprint density at radius 3 is 2.32 bits per heavy atom. The van der Waals surface area contributed by atoms with Gasteiger partial charge in [0, 0.05) is 19.8 Å². The molecular formula is C15H25NO3. The van der Waals surface area contributed by atoms with Crippen molar-refractivity contribution in [2.24, 2.45) is 5.92 Å². The molecule has 0 bridgehead atoms. The number of hydrogen-bond acceptors (Lipinski definition) is 4. The van der Waals surface area contributed by atoms with Crippen molar-refractivity contribution in [2.75, 3.05) is 35.0 Å². The van der Waals surface area contributed by atoms with Crippen molar-refractivity contribution < 1.29 is 14.2 Å². The van der Waals surface area contributed by atoms with Gasteiger partial charge in [0.1, 0.15) is 0 Å². The summed E-state index contributed by atoms with van der Waals surface area (Å²) in [7, 11) is 7.01. The summed E-state index contributed by atoms with van der Waals surface area (Å²) in [6.07, 6.45) is 1.01. The van der Waals surface area contributed by atoms with E-state index in [4.69, 9.17) is 14.2 Å². The molecule has 4 nitrogen and oxygen atoms in total. The van der Waals surface area contributed by atoms with E-state index < -0.39 is 0 Å². The molecule has 1 N–H and O–H groups in total. The van der Waals surface area contributed by atoms with E-state index in [-0.39, 0.29) is 6.04 Å². The van der Waals surface area contributed by atoms with Crippen LogP contribution in [0, 0.1) is 5.92 Å². The van der Waals surface area contributed by atoms with Crippen LogP contribution in [0.4, 0.5) is 0 Å². The molecule has 0 amide bonds. The third-order valence-electron chi connectivity index (χ3n) is 3.42. The molecule has 19 heavy (non-hydrogen) atoms. The molecule has 0 heterocycles. The number of ether oxygens (including phenoxy) is 3. The lowest BCUT2D eigenvalue weighted by atomic mass is 9.92. The minimum Gasteiger partial charge on any atom is -0.493 e. The predicted molar refractivity (Wildman–Crippen MR) is 77.0 cm³/mol. The molecule has 0 saturated heterocycles. The first-order valence-electron chi connectivity index (χ1n) is 6.56. The van der Waals surface area contributed by atoms with Gasteiger partial charge in [-0.15, -0.1) is 0 Å². The van der Waals surface area contributed by atoms with Crippen LogP contribution in [0.3, 0.4) is 0 Å². The van der Waals surface area contributed by atoms with Gasteiger partial charge in [-0.2, -0.15) is 0 Å². The van der Waals surface area contributed by atoms with Gasteiger partial charge in [0.05, 0.1) is 14.2 Å². The summed E-state index contributed by atoms with van der Waals surface area (Å²) in [5, 5.41) is 3.36. The zero-order valence-corrected chi connectivity index (χ0v) is 12.5. The van der Waals surface area contributed by atoms with Crippen molar-refractivity contribution in [3.63, 3.8) is 0 Å². The maximum absolute atomic E-state index is 5.35. The van der Waals surface area contributed by atoms with Gasteiger partial charge in [0.25, 0.3) is 0 Å². The summed E-state index contributed by atoms with van der Waals surface area (Å²) in [6, 6.07) is 6.33. The molecule has 2 unspecified atom stereocenters. The highest BCUT2D eigenvalue weighted by molar-refractivity contribution is 5.43. The highest BCUT2D eigenvalue weighted by Gasteiger charge is 2.19. The molecule has 0 saturated carbocycles. The first-order chi connectivity index (χ1) is 9.17. The fourth-order valence-corrected chi connectivity index (χ4v) is 2.30. The van der Waals surface area contributed by atoms with Gasteiger partial charge in [-0.3, -0.25) is 0 Å². The van der Waals surface area contributed by atoms with Gasteiger partial charge in [0.15, 0.2) is 11.5 Å². The van der Waals surface area contributed by atoms with Gasteiger partial charge in [-0.05, 0) is 37.1 Å². The van der Waals surface area contributed by atoms with E-state index in [1.54, 1.807) is 21.3 Å². The van der Waals surface area contributed by atoms with Crippen LogP contribution < -0.4 is 14.8 Å². The molecule has 0 aliphatic rings. The third kappa shape index (κ3) is 4.11. The van der Waals surface area contributed by atoms with E-state index in [1.807, 2.05) is 19.2 Å². The topological polar surface area (TPSA) is 39.7 Å². The number of nitrogens with one attached hydrogen (secondary N) is 1. The average Bonchev–Trinajstić information content (AvgIpc) is 2.45. The predicted octanol–water partition coefficient (Wildman–Crippen LogP) is 2.64. The normalized spacial score (nSPS) is 13.9. The Hall–Kier alpha value is -1.26. The van der Waals surface area contributed by atoms with Crippen molar-refractivity contribution >= 4 is 0 Å². The average molecular weight is 267 g/mol. The molecule has 108 valence electrons. The van der Waals surface area contributed by atoms with Crippen molar-refractivity contribution in [2.45, 2.75) is 19.4 Å². The van der Waals surface area contributed by atoms with Crippen molar-refractivity contribution in [1.29, 1.82) is 0 Å². The van der Waals surface area contributed by atoms with Crippen LogP contribution in [0.5, 0.6) is 11.5 Å². The van der Waals surface area contributed by atoms with Gasteiger partial charge in [-0.25, -0.2) is 0 Å². The van der Waals surface area contributed by atoms with Gasteiger partial charge in [0.2, 0.25) is 0 Å². The zero-order valence-electron chi connectivity index (χ0n) is 12.5. The van der Waals surface area contributed by atoms with E-state index >= 15 is 0 Å². The van der Waals surface area contributed by atoms with Crippen molar-refractivity contribution in [3.8, 4) is 11.5 Å². The van der Waals surface area contributed by atoms with E-state index in [0.717, 1.165) is 24.5 Å². The van der Waals surface area contributed by atoms with E-state index in [2.05, 4.69) is 18.3 Å². The van der Waals surface area contributed by atoms with Crippen LogP contribution in [-0.4, -0.2) is 35.0 Å². The van der Waals surface area contributed by atoms with E-state index in [9.17, 15) is 0 Å². The summed E-state index contributed by atoms with van der Waals surface area (Å²) in [5.74, 6) is 1.99. The van der Waals surface area contributed by atoms with Gasteiger partial charge < -0.3 is 19.5 Å². The van der Waals surface area contributed by atoms with Crippen LogP contribution in [0.1, 0.15) is 24.9 Å². The minimum absolute atomic E-state index is 0.273. The Morgan fingerprint density at radius 2 is 1.79 bits per heavy atom. The summed E-state index contributed by atoms with van der Waals surface area (Å²) in [5.41, 5.74) is 1.20. The fraction of sp³-hybridized carbons (Fsp3) is 0.600. The second-order valence-corrected chi connectivity index (χ2v) is 4.64. The maximum atomic E-state index is 5.35. The van der Waals surface area contributed by atoms with Gasteiger partial charge >= 0.3 is 0 Å². The monoisotopic (exact) mass is 267 g/mol. The Labute approximate surface area is 116 Å². The standard InChI is InChI=1S/C15H25NO3/c1-11(8-9-17-3)15(16-2)12-6-7-13(18-4)14(10-12)19-5/h6-7,10-11,15-16H,8-9H2,1-5H3. The SMILES string of the molecule is CNC(c1ccc(OC)c(OC)c1)C(C)CCOC. The Balaban J connectivity index is 2.91. The van der Waals surface area contributed by atoms with E-state index in [1.165, 1.54) is 5.56 Å². The summed E-state index contributed by atoms with van der Waals surface area (Å²) < 4.78 is 15.8. The molecule has 0 radical (unpaired) electrons. The van der Waals surface area contributed by atoms with Crippen molar-refractivity contribution in [1.82, 2.24) is 5.32 Å². The molecule has 1 aromatic rings. The smallest absolute Gasteiger partial charge is 0.161 e. The van der Waals surface area contributed by atoms with Gasteiger partial charge in [-0.1, -0.05) is 13.0 Å². The number of methoxy groups -OCH3 is 3. The van der Waals surface area contributed by atoms with Crippen LogP contribution >= 0.6 is 0 Å². The first-order valence-corrected chi connectivity index (χ1v) is 6.56. The molecule has 1 rings (SSSR count). The Kier molecular flexibility index (Phi) is 6.67. The largest absolute Gasteiger partial charge is 0.493 e.